The third-order valence-corrected chi connectivity index (χ3v) is 2.46. The van der Waals surface area contributed by atoms with E-state index in [2.05, 4.69) is 5.32 Å². The van der Waals surface area contributed by atoms with Crippen LogP contribution in [0.4, 0.5) is 5.69 Å². The standard InChI is InChI=1S/C12H14N2O3/c1-12(2,13)11(16)7-3-4-9-8(5-7)14-10(15)6-17-9/h3-5H,6,13H2,1-2H3,(H,14,15). The van der Waals surface area contributed by atoms with Crippen LogP contribution in [0.25, 0.3) is 0 Å². The van der Waals surface area contributed by atoms with Crippen molar-refractivity contribution in [3.8, 4) is 5.75 Å². The van der Waals surface area contributed by atoms with Gasteiger partial charge in [-0.25, -0.2) is 0 Å². The summed E-state index contributed by atoms with van der Waals surface area (Å²) in [7, 11) is 0. The Balaban J connectivity index is 2.37. The number of hydrogen-bond acceptors (Lipinski definition) is 4. The second kappa shape index (κ2) is 3.85. The second-order valence-corrected chi connectivity index (χ2v) is 4.60. The van der Waals surface area contributed by atoms with Crippen molar-refractivity contribution in [1.82, 2.24) is 0 Å². The Labute approximate surface area is 98.9 Å². The average molecular weight is 234 g/mol. The highest BCUT2D eigenvalue weighted by atomic mass is 16.5. The van der Waals surface area contributed by atoms with Gasteiger partial charge in [-0.05, 0) is 32.0 Å². The predicted molar refractivity (Wildman–Crippen MR) is 63.2 cm³/mol. The molecule has 0 atom stereocenters. The van der Waals surface area contributed by atoms with Crippen LogP contribution >= 0.6 is 0 Å². The van der Waals surface area contributed by atoms with Crippen molar-refractivity contribution in [2.24, 2.45) is 5.73 Å². The summed E-state index contributed by atoms with van der Waals surface area (Å²) in [4.78, 5) is 23.1. The van der Waals surface area contributed by atoms with Crippen LogP contribution < -0.4 is 15.8 Å². The molecule has 1 aliphatic rings. The van der Waals surface area contributed by atoms with E-state index in [9.17, 15) is 9.59 Å². The van der Waals surface area contributed by atoms with Crippen molar-refractivity contribution in [2.45, 2.75) is 19.4 Å². The van der Waals surface area contributed by atoms with Crippen molar-refractivity contribution >= 4 is 17.4 Å². The highest BCUT2D eigenvalue weighted by molar-refractivity contribution is 6.04. The fraction of sp³-hybridized carbons (Fsp3) is 0.333. The second-order valence-electron chi connectivity index (χ2n) is 4.60. The smallest absolute Gasteiger partial charge is 0.262 e. The number of hydrogen-bond donors (Lipinski definition) is 2. The Hall–Kier alpha value is -1.88. The molecule has 1 amide bonds. The lowest BCUT2D eigenvalue weighted by Gasteiger charge is -2.21. The molecule has 0 bridgehead atoms. The number of rotatable bonds is 2. The van der Waals surface area contributed by atoms with Crippen molar-refractivity contribution in [1.29, 1.82) is 0 Å². The molecule has 17 heavy (non-hydrogen) atoms. The lowest BCUT2D eigenvalue weighted by atomic mass is 9.94. The quantitative estimate of drug-likeness (QED) is 0.746. The van der Waals surface area contributed by atoms with Gasteiger partial charge in [0.1, 0.15) is 5.75 Å². The van der Waals surface area contributed by atoms with E-state index < -0.39 is 5.54 Å². The van der Waals surface area contributed by atoms with E-state index in [4.69, 9.17) is 10.5 Å². The Kier molecular flexibility index (Phi) is 2.63. The first kappa shape index (κ1) is 11.6. The zero-order valence-electron chi connectivity index (χ0n) is 9.74. The molecule has 5 nitrogen and oxygen atoms in total. The summed E-state index contributed by atoms with van der Waals surface area (Å²) >= 11 is 0. The van der Waals surface area contributed by atoms with Crippen molar-refractivity contribution in [3.05, 3.63) is 23.8 Å². The predicted octanol–water partition coefficient (Wildman–Crippen LogP) is 0.938. The Morgan fingerprint density at radius 3 is 2.82 bits per heavy atom. The molecule has 1 aromatic rings. The van der Waals surface area contributed by atoms with Crippen molar-refractivity contribution in [3.63, 3.8) is 0 Å². The number of carbonyl (C=O) groups excluding carboxylic acids is 2. The molecule has 0 unspecified atom stereocenters. The van der Waals surface area contributed by atoms with Crippen LogP contribution in [0.3, 0.4) is 0 Å². The maximum atomic E-state index is 12.0. The van der Waals surface area contributed by atoms with Gasteiger partial charge in [0.25, 0.3) is 5.91 Å². The molecule has 5 heteroatoms. The fourth-order valence-corrected chi connectivity index (χ4v) is 1.60. The normalized spacial score (nSPS) is 14.6. The van der Waals surface area contributed by atoms with E-state index in [1.54, 1.807) is 32.0 Å². The van der Waals surface area contributed by atoms with E-state index in [-0.39, 0.29) is 18.3 Å². The van der Waals surface area contributed by atoms with Gasteiger partial charge in [-0.1, -0.05) is 0 Å². The van der Waals surface area contributed by atoms with E-state index in [1.165, 1.54) is 0 Å². The minimum atomic E-state index is -0.937. The van der Waals surface area contributed by atoms with Crippen LogP contribution in [0.1, 0.15) is 24.2 Å². The Bertz CT molecular complexity index is 489. The monoisotopic (exact) mass is 234 g/mol. The van der Waals surface area contributed by atoms with Gasteiger partial charge in [-0.2, -0.15) is 0 Å². The zero-order valence-corrected chi connectivity index (χ0v) is 9.74. The van der Waals surface area contributed by atoms with Gasteiger partial charge < -0.3 is 15.8 Å². The van der Waals surface area contributed by atoms with Gasteiger partial charge in [-0.15, -0.1) is 0 Å². The number of benzene rings is 1. The highest BCUT2D eigenvalue weighted by Gasteiger charge is 2.25. The summed E-state index contributed by atoms with van der Waals surface area (Å²) in [6.45, 7) is 3.29. The molecule has 0 fully saturated rings. The van der Waals surface area contributed by atoms with Gasteiger partial charge in [0, 0.05) is 5.56 Å². The van der Waals surface area contributed by atoms with Crippen LogP contribution in [0.15, 0.2) is 18.2 Å². The van der Waals surface area contributed by atoms with Crippen LogP contribution in [-0.2, 0) is 4.79 Å². The first-order valence-corrected chi connectivity index (χ1v) is 5.28. The lowest BCUT2D eigenvalue weighted by Crippen LogP contribution is -2.41. The summed E-state index contributed by atoms with van der Waals surface area (Å²) in [5.74, 6) is 0.158. The minimum absolute atomic E-state index is 0.00265. The number of fused-ring (bicyclic) bond motifs is 1. The van der Waals surface area contributed by atoms with Crippen molar-refractivity contribution in [2.75, 3.05) is 11.9 Å². The molecular weight excluding hydrogens is 220 g/mol. The first-order valence-electron chi connectivity index (χ1n) is 5.28. The van der Waals surface area contributed by atoms with Gasteiger partial charge in [0.05, 0.1) is 11.2 Å². The molecule has 3 N–H and O–H groups in total. The maximum Gasteiger partial charge on any atom is 0.262 e. The summed E-state index contributed by atoms with van der Waals surface area (Å²) in [5.41, 5.74) is 5.78. The number of amides is 1. The number of ketones is 1. The summed E-state index contributed by atoms with van der Waals surface area (Å²) in [6, 6.07) is 4.89. The van der Waals surface area contributed by atoms with E-state index >= 15 is 0 Å². The van der Waals surface area contributed by atoms with Gasteiger partial charge in [0.2, 0.25) is 0 Å². The topological polar surface area (TPSA) is 81.4 Å². The molecule has 1 heterocycles. The summed E-state index contributed by atoms with van der Waals surface area (Å²) in [5, 5.41) is 2.65. The fourth-order valence-electron chi connectivity index (χ4n) is 1.60. The molecule has 1 aliphatic heterocycles. The number of nitrogens with two attached hydrogens (primary N) is 1. The van der Waals surface area contributed by atoms with Gasteiger partial charge >= 0.3 is 0 Å². The number of Topliss-reactive ketones (excluding diaryl/α,β-unsaturated/α-hetero) is 1. The summed E-state index contributed by atoms with van der Waals surface area (Å²) in [6.07, 6.45) is 0. The third-order valence-electron chi connectivity index (χ3n) is 2.46. The molecule has 0 radical (unpaired) electrons. The molecule has 0 spiro atoms. The SMILES string of the molecule is CC(C)(N)C(=O)c1ccc2c(c1)NC(=O)CO2. The zero-order chi connectivity index (χ0) is 12.6. The Morgan fingerprint density at radius 2 is 2.18 bits per heavy atom. The van der Waals surface area contributed by atoms with E-state index in [0.717, 1.165) is 0 Å². The van der Waals surface area contributed by atoms with Crippen LogP contribution in [0.2, 0.25) is 0 Å². The molecule has 0 aliphatic carbocycles. The number of nitrogens with one attached hydrogen (secondary N) is 1. The maximum absolute atomic E-state index is 12.0. The number of carbonyl (C=O) groups is 2. The molecule has 2 rings (SSSR count). The molecule has 0 saturated heterocycles. The molecule has 0 saturated carbocycles. The highest BCUT2D eigenvalue weighted by Crippen LogP contribution is 2.29. The molecule has 1 aromatic carbocycles. The van der Waals surface area contributed by atoms with E-state index in [1.807, 2.05) is 0 Å². The first-order chi connectivity index (χ1) is 7.88. The number of ether oxygens (including phenoxy) is 1. The van der Waals surface area contributed by atoms with Crippen LogP contribution in [-0.4, -0.2) is 23.8 Å². The molecule has 90 valence electrons. The lowest BCUT2D eigenvalue weighted by molar-refractivity contribution is -0.118. The molecule has 0 aromatic heterocycles. The minimum Gasteiger partial charge on any atom is -0.482 e. The van der Waals surface area contributed by atoms with E-state index in [0.29, 0.717) is 17.0 Å². The van der Waals surface area contributed by atoms with Gasteiger partial charge in [0.15, 0.2) is 12.4 Å². The number of anilines is 1. The van der Waals surface area contributed by atoms with Crippen molar-refractivity contribution < 1.29 is 14.3 Å². The third kappa shape index (κ3) is 2.29. The largest absolute Gasteiger partial charge is 0.482 e. The van der Waals surface area contributed by atoms with Crippen LogP contribution in [0, 0.1) is 0 Å². The van der Waals surface area contributed by atoms with Crippen LogP contribution in [0.5, 0.6) is 5.75 Å². The molecular formula is C12H14N2O3. The van der Waals surface area contributed by atoms with Gasteiger partial charge in [-0.3, -0.25) is 9.59 Å². The summed E-state index contributed by atoms with van der Waals surface area (Å²) < 4.78 is 5.20. The Morgan fingerprint density at radius 1 is 1.47 bits per heavy atom. The average Bonchev–Trinajstić information content (AvgIpc) is 2.25.